The highest BCUT2D eigenvalue weighted by molar-refractivity contribution is 5.97. The lowest BCUT2D eigenvalue weighted by atomic mass is 10.0. The van der Waals surface area contributed by atoms with Crippen LogP contribution in [0.2, 0.25) is 0 Å². The zero-order valence-electron chi connectivity index (χ0n) is 12.9. The Hall–Kier alpha value is -1.71. The molecule has 4 nitrogen and oxygen atoms in total. The summed E-state index contributed by atoms with van der Waals surface area (Å²) in [6.07, 6.45) is 0. The van der Waals surface area contributed by atoms with Gasteiger partial charge >= 0.3 is 0 Å². The summed E-state index contributed by atoms with van der Waals surface area (Å²) >= 11 is 0. The van der Waals surface area contributed by atoms with E-state index in [1.54, 1.807) is 25.3 Å². The molecule has 110 valence electrons. The van der Waals surface area contributed by atoms with E-state index in [2.05, 4.69) is 33.0 Å². The second-order valence-corrected chi connectivity index (χ2v) is 6.67. The maximum Gasteiger partial charge on any atom is 0.255 e. The van der Waals surface area contributed by atoms with Crippen molar-refractivity contribution in [3.63, 3.8) is 0 Å². The Morgan fingerprint density at radius 3 is 2.40 bits per heavy atom. The molecule has 3 N–H and O–H groups in total. The molecule has 4 heteroatoms. The number of amides is 1. The highest BCUT2D eigenvalue weighted by Crippen LogP contribution is 2.67. The monoisotopic (exact) mass is 276 g/mol. The van der Waals surface area contributed by atoms with E-state index in [-0.39, 0.29) is 16.7 Å². The fraction of sp³-hybridized carbons (Fsp3) is 0.562. The minimum Gasteiger partial charge on any atom is -0.496 e. The first kappa shape index (κ1) is 14.7. The molecule has 0 unspecified atom stereocenters. The summed E-state index contributed by atoms with van der Waals surface area (Å²) in [4.78, 5) is 12.3. The number of anilines is 1. The Kier molecular flexibility index (Phi) is 3.44. The number of nitrogen functional groups attached to an aromatic ring is 1. The highest BCUT2D eigenvalue weighted by Gasteiger charge is 2.64. The first-order chi connectivity index (χ1) is 9.21. The SMILES string of the molecule is COc1ccc(N)cc1C(=O)NCC1C(C)(C)C1(C)C. The topological polar surface area (TPSA) is 64.3 Å². The van der Waals surface area contributed by atoms with Crippen molar-refractivity contribution < 1.29 is 9.53 Å². The molecule has 0 aliphatic heterocycles. The van der Waals surface area contributed by atoms with Gasteiger partial charge < -0.3 is 15.8 Å². The van der Waals surface area contributed by atoms with Gasteiger partial charge in [0.05, 0.1) is 12.7 Å². The summed E-state index contributed by atoms with van der Waals surface area (Å²) in [5.74, 6) is 0.907. The van der Waals surface area contributed by atoms with E-state index in [0.717, 1.165) is 0 Å². The number of nitrogens with one attached hydrogen (secondary N) is 1. The van der Waals surface area contributed by atoms with Gasteiger partial charge in [0.15, 0.2) is 0 Å². The van der Waals surface area contributed by atoms with Crippen molar-refractivity contribution in [1.82, 2.24) is 5.32 Å². The maximum atomic E-state index is 12.3. The maximum absolute atomic E-state index is 12.3. The average Bonchev–Trinajstić information content (AvgIpc) is 2.76. The zero-order chi connectivity index (χ0) is 15.1. The van der Waals surface area contributed by atoms with Crippen LogP contribution < -0.4 is 15.8 Å². The van der Waals surface area contributed by atoms with Crippen LogP contribution in [0.3, 0.4) is 0 Å². The number of carbonyl (C=O) groups is 1. The van der Waals surface area contributed by atoms with Crippen LogP contribution in [0.4, 0.5) is 5.69 Å². The molecule has 1 aromatic carbocycles. The molecule has 0 heterocycles. The van der Waals surface area contributed by atoms with Crippen molar-refractivity contribution in [2.24, 2.45) is 16.7 Å². The van der Waals surface area contributed by atoms with Crippen LogP contribution in [0.15, 0.2) is 18.2 Å². The van der Waals surface area contributed by atoms with Crippen molar-refractivity contribution in [3.8, 4) is 5.75 Å². The van der Waals surface area contributed by atoms with E-state index >= 15 is 0 Å². The Morgan fingerprint density at radius 2 is 1.90 bits per heavy atom. The van der Waals surface area contributed by atoms with Gasteiger partial charge in [-0.25, -0.2) is 0 Å². The van der Waals surface area contributed by atoms with Crippen LogP contribution in [0, 0.1) is 16.7 Å². The van der Waals surface area contributed by atoms with Crippen LogP contribution in [0.25, 0.3) is 0 Å². The highest BCUT2D eigenvalue weighted by atomic mass is 16.5. The molecular formula is C16H24N2O2. The number of ether oxygens (including phenoxy) is 1. The smallest absolute Gasteiger partial charge is 0.255 e. The Labute approximate surface area is 120 Å². The Bertz CT molecular complexity index is 521. The third-order valence-electron chi connectivity index (χ3n) is 5.25. The van der Waals surface area contributed by atoms with Gasteiger partial charge in [-0.2, -0.15) is 0 Å². The molecule has 1 fully saturated rings. The van der Waals surface area contributed by atoms with Crippen molar-refractivity contribution >= 4 is 11.6 Å². The average molecular weight is 276 g/mol. The first-order valence-electron chi connectivity index (χ1n) is 6.93. The molecule has 0 radical (unpaired) electrons. The number of nitrogens with two attached hydrogens (primary N) is 1. The summed E-state index contributed by atoms with van der Waals surface area (Å²) in [5, 5.41) is 3.00. The van der Waals surface area contributed by atoms with Crippen LogP contribution in [0.1, 0.15) is 38.1 Å². The molecule has 1 aliphatic carbocycles. The van der Waals surface area contributed by atoms with Gasteiger partial charge in [-0.3, -0.25) is 4.79 Å². The van der Waals surface area contributed by atoms with E-state index in [0.29, 0.717) is 29.5 Å². The van der Waals surface area contributed by atoms with Crippen molar-refractivity contribution in [2.45, 2.75) is 27.7 Å². The number of hydrogen-bond acceptors (Lipinski definition) is 3. The van der Waals surface area contributed by atoms with Gasteiger partial charge in [-0.05, 0) is 34.9 Å². The van der Waals surface area contributed by atoms with Crippen LogP contribution >= 0.6 is 0 Å². The summed E-state index contributed by atoms with van der Waals surface area (Å²) < 4.78 is 5.21. The second kappa shape index (κ2) is 4.69. The van der Waals surface area contributed by atoms with Crippen LogP contribution in [-0.4, -0.2) is 19.6 Å². The summed E-state index contributed by atoms with van der Waals surface area (Å²) in [6, 6.07) is 5.09. The molecule has 20 heavy (non-hydrogen) atoms. The fourth-order valence-corrected chi connectivity index (χ4v) is 3.04. The van der Waals surface area contributed by atoms with Gasteiger partial charge in [0.2, 0.25) is 0 Å². The summed E-state index contributed by atoms with van der Waals surface area (Å²) in [6.45, 7) is 9.64. The fourth-order valence-electron chi connectivity index (χ4n) is 3.04. The molecule has 0 spiro atoms. The first-order valence-corrected chi connectivity index (χ1v) is 6.93. The lowest BCUT2D eigenvalue weighted by Crippen LogP contribution is -2.27. The zero-order valence-corrected chi connectivity index (χ0v) is 12.9. The lowest BCUT2D eigenvalue weighted by molar-refractivity contribution is 0.0947. The molecule has 1 aromatic rings. The third-order valence-corrected chi connectivity index (χ3v) is 5.25. The summed E-state index contributed by atoms with van der Waals surface area (Å²) in [5.41, 5.74) is 7.31. The Morgan fingerprint density at radius 1 is 1.30 bits per heavy atom. The van der Waals surface area contributed by atoms with Crippen molar-refractivity contribution in [1.29, 1.82) is 0 Å². The van der Waals surface area contributed by atoms with Crippen molar-refractivity contribution in [3.05, 3.63) is 23.8 Å². The van der Waals surface area contributed by atoms with Gasteiger partial charge in [0.25, 0.3) is 5.91 Å². The van der Waals surface area contributed by atoms with Gasteiger partial charge in [0, 0.05) is 12.2 Å². The Balaban J connectivity index is 2.05. The minimum atomic E-state index is -0.132. The van der Waals surface area contributed by atoms with E-state index in [4.69, 9.17) is 10.5 Å². The van der Waals surface area contributed by atoms with Crippen LogP contribution in [0.5, 0.6) is 5.75 Å². The molecule has 0 atom stereocenters. The number of carbonyl (C=O) groups excluding carboxylic acids is 1. The quantitative estimate of drug-likeness (QED) is 0.831. The molecule has 1 amide bonds. The van der Waals surface area contributed by atoms with E-state index in [9.17, 15) is 4.79 Å². The van der Waals surface area contributed by atoms with Gasteiger partial charge in [0.1, 0.15) is 5.75 Å². The minimum absolute atomic E-state index is 0.132. The molecule has 1 aliphatic rings. The second-order valence-electron chi connectivity index (χ2n) is 6.67. The van der Waals surface area contributed by atoms with Crippen molar-refractivity contribution in [2.75, 3.05) is 19.4 Å². The molecule has 1 saturated carbocycles. The predicted molar refractivity (Wildman–Crippen MR) is 80.8 cm³/mol. The summed E-state index contributed by atoms with van der Waals surface area (Å²) in [7, 11) is 1.55. The largest absolute Gasteiger partial charge is 0.496 e. The van der Waals surface area contributed by atoms with Gasteiger partial charge in [-0.1, -0.05) is 27.7 Å². The third kappa shape index (κ3) is 2.23. The lowest BCUT2D eigenvalue weighted by Gasteiger charge is -2.10. The molecule has 0 bridgehead atoms. The number of benzene rings is 1. The van der Waals surface area contributed by atoms with Gasteiger partial charge in [-0.15, -0.1) is 0 Å². The predicted octanol–water partition coefficient (Wildman–Crippen LogP) is 2.69. The van der Waals surface area contributed by atoms with Crippen LogP contribution in [-0.2, 0) is 0 Å². The molecular weight excluding hydrogens is 252 g/mol. The molecule has 0 saturated heterocycles. The number of methoxy groups -OCH3 is 1. The van der Waals surface area contributed by atoms with E-state index < -0.39 is 0 Å². The van der Waals surface area contributed by atoms with E-state index in [1.807, 2.05) is 0 Å². The molecule has 2 rings (SSSR count). The van der Waals surface area contributed by atoms with E-state index in [1.165, 1.54) is 0 Å². The number of hydrogen-bond donors (Lipinski definition) is 2. The molecule has 0 aromatic heterocycles. The normalized spacial score (nSPS) is 19.4. The standard InChI is InChI=1S/C16H24N2O2/c1-15(2)13(16(15,3)4)9-18-14(19)11-8-10(17)6-7-12(11)20-5/h6-8,13H,9,17H2,1-5H3,(H,18,19). The number of rotatable bonds is 4.